The molecule has 0 saturated carbocycles. The van der Waals surface area contributed by atoms with Gasteiger partial charge in [-0.15, -0.1) is 0 Å². The fourth-order valence-electron chi connectivity index (χ4n) is 4.63. The van der Waals surface area contributed by atoms with E-state index in [1.54, 1.807) is 0 Å². The molecule has 1 atom stereocenters. The SMILES string of the molecule is CN(CCCc1[nH]c(=S)n2c1C[C@H](c1c(F)ccc(F)c1F)C2)C1CCOCC1. The first-order valence-corrected chi connectivity index (χ1v) is 10.6. The van der Waals surface area contributed by atoms with Gasteiger partial charge < -0.3 is 19.2 Å². The molecule has 4 rings (SSSR count). The standard InChI is InChI=1S/C21H26F3N3OS/c1-26(14-6-9-28-10-7-14)8-2-3-17-18-11-13(12-27(18)21(29)25-17)19-15(22)4-5-16(23)20(19)24/h4-5,13-14H,2-3,6-12H2,1H3,(H,25,29)/t13-/m0/s1. The normalized spacial score (nSPS) is 19.8. The fourth-order valence-corrected chi connectivity index (χ4v) is 4.94. The fraction of sp³-hybridized carbons (Fsp3) is 0.571. The minimum atomic E-state index is -1.09. The second-order valence-electron chi connectivity index (χ2n) is 8.05. The zero-order valence-corrected chi connectivity index (χ0v) is 17.3. The third-order valence-corrected chi connectivity index (χ3v) is 6.58. The first kappa shape index (κ1) is 20.6. The predicted molar refractivity (Wildman–Crippen MR) is 107 cm³/mol. The molecule has 0 amide bonds. The van der Waals surface area contributed by atoms with Crippen molar-refractivity contribution in [1.29, 1.82) is 0 Å². The van der Waals surface area contributed by atoms with Crippen LogP contribution in [0, 0.1) is 22.2 Å². The quantitative estimate of drug-likeness (QED) is 0.552. The van der Waals surface area contributed by atoms with Crippen LogP contribution in [-0.2, 0) is 24.1 Å². The van der Waals surface area contributed by atoms with E-state index in [9.17, 15) is 13.2 Å². The van der Waals surface area contributed by atoms with Crippen molar-refractivity contribution in [3.63, 3.8) is 0 Å². The minimum absolute atomic E-state index is 0.173. The van der Waals surface area contributed by atoms with E-state index in [4.69, 9.17) is 17.0 Å². The van der Waals surface area contributed by atoms with Gasteiger partial charge in [0.1, 0.15) is 5.82 Å². The minimum Gasteiger partial charge on any atom is -0.381 e. The van der Waals surface area contributed by atoms with Crippen molar-refractivity contribution < 1.29 is 17.9 Å². The molecule has 0 bridgehead atoms. The number of hydrogen-bond donors (Lipinski definition) is 1. The summed E-state index contributed by atoms with van der Waals surface area (Å²) in [5.74, 6) is -3.25. The van der Waals surface area contributed by atoms with Gasteiger partial charge in [0.25, 0.3) is 0 Å². The maximum Gasteiger partial charge on any atom is 0.177 e. The van der Waals surface area contributed by atoms with E-state index in [0.717, 1.165) is 69.0 Å². The monoisotopic (exact) mass is 425 g/mol. The molecule has 4 nitrogen and oxygen atoms in total. The summed E-state index contributed by atoms with van der Waals surface area (Å²) in [6, 6.07) is 2.39. The van der Waals surface area contributed by atoms with Gasteiger partial charge in [0, 0.05) is 48.7 Å². The molecule has 2 aliphatic rings. The summed E-state index contributed by atoms with van der Waals surface area (Å²) in [5, 5.41) is 0. The number of nitrogens with zero attached hydrogens (tertiary/aromatic N) is 2. The lowest BCUT2D eigenvalue weighted by molar-refractivity contribution is 0.0428. The Labute approximate surface area is 173 Å². The maximum atomic E-state index is 14.2. The third kappa shape index (κ3) is 4.15. The molecule has 29 heavy (non-hydrogen) atoms. The van der Waals surface area contributed by atoms with E-state index >= 15 is 0 Å². The highest BCUT2D eigenvalue weighted by Gasteiger charge is 2.31. The number of aromatic amines is 1. The van der Waals surface area contributed by atoms with E-state index in [0.29, 0.717) is 23.8 Å². The lowest BCUT2D eigenvalue weighted by Gasteiger charge is -2.31. The van der Waals surface area contributed by atoms with Crippen molar-refractivity contribution in [2.45, 2.75) is 50.6 Å². The van der Waals surface area contributed by atoms with E-state index in [2.05, 4.69) is 16.9 Å². The van der Waals surface area contributed by atoms with E-state index in [1.165, 1.54) is 0 Å². The average Bonchev–Trinajstić information content (AvgIpc) is 3.27. The van der Waals surface area contributed by atoms with Crippen LogP contribution in [0.25, 0.3) is 0 Å². The highest BCUT2D eigenvalue weighted by atomic mass is 32.1. The summed E-state index contributed by atoms with van der Waals surface area (Å²) < 4.78 is 50.0. The molecule has 1 fully saturated rings. The number of hydrogen-bond acceptors (Lipinski definition) is 3. The van der Waals surface area contributed by atoms with Gasteiger partial charge in [-0.3, -0.25) is 0 Å². The smallest absolute Gasteiger partial charge is 0.177 e. The molecular weight excluding hydrogens is 399 g/mol. The van der Waals surface area contributed by atoms with Crippen LogP contribution in [0.15, 0.2) is 12.1 Å². The maximum absolute atomic E-state index is 14.2. The molecule has 2 aromatic rings. The number of aryl methyl sites for hydroxylation is 1. The number of imidazole rings is 1. The summed E-state index contributed by atoms with van der Waals surface area (Å²) in [5.41, 5.74) is 1.83. The van der Waals surface area contributed by atoms with Crippen LogP contribution in [0.2, 0.25) is 0 Å². The Kier molecular flexibility index (Phi) is 6.13. The Morgan fingerprint density at radius 2 is 1.93 bits per heavy atom. The van der Waals surface area contributed by atoms with Crippen LogP contribution in [0.5, 0.6) is 0 Å². The summed E-state index contributed by atoms with van der Waals surface area (Å²) in [7, 11) is 2.15. The summed E-state index contributed by atoms with van der Waals surface area (Å²) in [6.45, 7) is 2.98. The Morgan fingerprint density at radius 1 is 1.21 bits per heavy atom. The van der Waals surface area contributed by atoms with Crippen LogP contribution in [0.1, 0.15) is 42.1 Å². The predicted octanol–water partition coefficient (Wildman–Crippen LogP) is 4.35. The van der Waals surface area contributed by atoms with Crippen LogP contribution in [0.3, 0.4) is 0 Å². The summed E-state index contributed by atoms with van der Waals surface area (Å²) in [6.07, 6.45) is 4.36. The van der Waals surface area contributed by atoms with Crippen molar-refractivity contribution in [1.82, 2.24) is 14.5 Å². The van der Waals surface area contributed by atoms with Crippen LogP contribution >= 0.6 is 12.2 Å². The zero-order chi connectivity index (χ0) is 20.5. The third-order valence-electron chi connectivity index (χ3n) is 6.26. The Balaban J connectivity index is 1.43. The van der Waals surface area contributed by atoms with E-state index < -0.39 is 23.4 Å². The highest BCUT2D eigenvalue weighted by molar-refractivity contribution is 7.71. The molecule has 1 aromatic carbocycles. The second kappa shape index (κ2) is 8.62. The number of rotatable bonds is 6. The highest BCUT2D eigenvalue weighted by Crippen LogP contribution is 2.35. The van der Waals surface area contributed by atoms with E-state index in [-0.39, 0.29) is 5.56 Å². The number of aromatic nitrogens is 2. The molecular formula is C21H26F3N3OS. The molecule has 2 aliphatic heterocycles. The second-order valence-corrected chi connectivity index (χ2v) is 8.44. The van der Waals surface area contributed by atoms with Crippen LogP contribution in [-0.4, -0.2) is 47.3 Å². The van der Waals surface area contributed by atoms with Gasteiger partial charge in [-0.25, -0.2) is 13.2 Å². The molecule has 0 aliphatic carbocycles. The molecule has 1 N–H and O–H groups in total. The van der Waals surface area contributed by atoms with Gasteiger partial charge in [-0.2, -0.15) is 0 Å². The molecule has 1 aromatic heterocycles. The number of ether oxygens (including phenoxy) is 1. The Bertz CT molecular complexity index is 936. The van der Waals surface area contributed by atoms with Crippen molar-refractivity contribution >= 4 is 12.2 Å². The van der Waals surface area contributed by atoms with Crippen LogP contribution < -0.4 is 0 Å². The van der Waals surface area contributed by atoms with Gasteiger partial charge >= 0.3 is 0 Å². The topological polar surface area (TPSA) is 33.2 Å². The number of halogens is 3. The number of H-pyrrole nitrogens is 1. The molecule has 1 saturated heterocycles. The molecule has 0 radical (unpaired) electrons. The molecule has 8 heteroatoms. The van der Waals surface area contributed by atoms with Crippen molar-refractivity contribution in [3.05, 3.63) is 51.3 Å². The number of nitrogens with one attached hydrogen (secondary N) is 1. The number of benzene rings is 1. The Hall–Kier alpha value is -1.64. The van der Waals surface area contributed by atoms with Crippen molar-refractivity contribution in [3.8, 4) is 0 Å². The molecule has 158 valence electrons. The zero-order valence-electron chi connectivity index (χ0n) is 16.5. The average molecular weight is 426 g/mol. The summed E-state index contributed by atoms with van der Waals surface area (Å²) in [4.78, 5) is 5.64. The van der Waals surface area contributed by atoms with Gasteiger partial charge in [-0.05, 0) is 70.0 Å². The molecule has 0 spiro atoms. The molecule has 0 unspecified atom stereocenters. The Morgan fingerprint density at radius 3 is 2.69 bits per heavy atom. The van der Waals surface area contributed by atoms with E-state index in [1.807, 2.05) is 4.57 Å². The van der Waals surface area contributed by atoms with Crippen molar-refractivity contribution in [2.75, 3.05) is 26.8 Å². The van der Waals surface area contributed by atoms with Gasteiger partial charge in [0.15, 0.2) is 16.4 Å². The number of fused-ring (bicyclic) bond motifs is 1. The van der Waals surface area contributed by atoms with Crippen molar-refractivity contribution in [2.24, 2.45) is 0 Å². The lowest BCUT2D eigenvalue weighted by atomic mass is 9.95. The summed E-state index contributed by atoms with van der Waals surface area (Å²) >= 11 is 5.42. The lowest BCUT2D eigenvalue weighted by Crippen LogP contribution is -2.37. The van der Waals surface area contributed by atoms with Gasteiger partial charge in [0.05, 0.1) is 0 Å². The molecule has 3 heterocycles. The first-order valence-electron chi connectivity index (χ1n) is 10.2. The van der Waals surface area contributed by atoms with Crippen LogP contribution in [0.4, 0.5) is 13.2 Å². The first-order chi connectivity index (χ1) is 14.0. The van der Waals surface area contributed by atoms with Gasteiger partial charge in [0.2, 0.25) is 0 Å². The largest absolute Gasteiger partial charge is 0.381 e. The van der Waals surface area contributed by atoms with Gasteiger partial charge in [-0.1, -0.05) is 0 Å².